The van der Waals surface area contributed by atoms with Gasteiger partial charge in [-0.05, 0) is 42.5 Å². The number of hydrogen-bond donors (Lipinski definition) is 1. The molecule has 3 heterocycles. The molecule has 2 aromatic heterocycles. The molecule has 4 rings (SSSR count). The van der Waals surface area contributed by atoms with Gasteiger partial charge in [-0.1, -0.05) is 0 Å². The van der Waals surface area contributed by atoms with Crippen molar-refractivity contribution in [3.63, 3.8) is 0 Å². The summed E-state index contributed by atoms with van der Waals surface area (Å²) in [6, 6.07) is 11.3. The van der Waals surface area contributed by atoms with Gasteiger partial charge in [-0.2, -0.15) is 0 Å². The third-order valence-electron chi connectivity index (χ3n) is 4.43. The summed E-state index contributed by atoms with van der Waals surface area (Å²) >= 11 is 0. The van der Waals surface area contributed by atoms with Gasteiger partial charge in [0.25, 0.3) is 17.5 Å². The van der Waals surface area contributed by atoms with Crippen LogP contribution in [0.15, 0.2) is 72.7 Å². The van der Waals surface area contributed by atoms with Crippen molar-refractivity contribution in [3.05, 3.63) is 88.5 Å². The molecule has 1 aromatic carbocycles. The molecule has 0 radical (unpaired) electrons. The molecule has 0 spiro atoms. The van der Waals surface area contributed by atoms with E-state index in [4.69, 9.17) is 0 Å². The van der Waals surface area contributed by atoms with E-state index in [2.05, 4.69) is 10.3 Å². The Balaban J connectivity index is 1.72. The number of imide groups is 2. The first kappa shape index (κ1) is 18.7. The normalized spacial score (nSPS) is 15.4. The number of pyridine rings is 1. The van der Waals surface area contributed by atoms with Crippen LogP contribution in [0.1, 0.15) is 5.69 Å². The number of barbiturate groups is 1. The lowest BCUT2D eigenvalue weighted by Gasteiger charge is -2.26. The van der Waals surface area contributed by atoms with Crippen molar-refractivity contribution in [3.8, 4) is 5.69 Å². The summed E-state index contributed by atoms with van der Waals surface area (Å²) in [4.78, 5) is 52.5. The van der Waals surface area contributed by atoms with Crippen LogP contribution < -0.4 is 10.2 Å². The number of nitrogens with one attached hydrogen (secondary N) is 1. The molecule has 0 unspecified atom stereocenters. The molecular formula is C20H13N5O5. The first-order valence-electron chi connectivity index (χ1n) is 8.69. The first-order valence-corrected chi connectivity index (χ1v) is 8.69. The van der Waals surface area contributed by atoms with Crippen LogP contribution in [0.3, 0.4) is 0 Å². The minimum Gasteiger partial charge on any atom is -0.317 e. The largest absolute Gasteiger partial charge is 0.335 e. The third kappa shape index (κ3) is 3.33. The average molecular weight is 403 g/mol. The molecule has 1 N–H and O–H groups in total. The molecule has 0 atom stereocenters. The van der Waals surface area contributed by atoms with Crippen molar-refractivity contribution in [2.75, 3.05) is 4.90 Å². The Hall–Kier alpha value is -4.60. The molecule has 1 aliphatic heterocycles. The van der Waals surface area contributed by atoms with Crippen LogP contribution in [-0.4, -0.2) is 32.3 Å². The minimum atomic E-state index is -0.848. The highest BCUT2D eigenvalue weighted by Gasteiger charge is 2.36. The number of carbonyl (C=O) groups is 3. The van der Waals surface area contributed by atoms with Gasteiger partial charge in [0.15, 0.2) is 0 Å². The fourth-order valence-electron chi connectivity index (χ4n) is 3.01. The molecule has 148 valence electrons. The molecule has 1 saturated heterocycles. The van der Waals surface area contributed by atoms with Crippen LogP contribution in [0.2, 0.25) is 0 Å². The maximum absolute atomic E-state index is 12.9. The van der Waals surface area contributed by atoms with E-state index in [0.29, 0.717) is 11.4 Å². The van der Waals surface area contributed by atoms with Crippen LogP contribution >= 0.6 is 0 Å². The highest BCUT2D eigenvalue weighted by atomic mass is 16.6. The number of hydrogen-bond acceptors (Lipinski definition) is 6. The van der Waals surface area contributed by atoms with Gasteiger partial charge in [0, 0.05) is 42.1 Å². The van der Waals surface area contributed by atoms with E-state index in [-0.39, 0.29) is 16.9 Å². The Labute approximate surface area is 169 Å². The molecule has 0 saturated carbocycles. The number of nitro benzene ring substituents is 1. The van der Waals surface area contributed by atoms with Crippen molar-refractivity contribution in [1.29, 1.82) is 0 Å². The number of anilines is 1. The molecule has 1 fully saturated rings. The second-order valence-corrected chi connectivity index (χ2v) is 6.24. The Bertz CT molecular complexity index is 1200. The second kappa shape index (κ2) is 7.43. The van der Waals surface area contributed by atoms with E-state index in [0.717, 1.165) is 4.90 Å². The Kier molecular flexibility index (Phi) is 4.64. The fourth-order valence-corrected chi connectivity index (χ4v) is 3.01. The zero-order chi connectivity index (χ0) is 21.3. The lowest BCUT2D eigenvalue weighted by atomic mass is 10.1. The fraction of sp³-hybridized carbons (Fsp3) is 0. The zero-order valence-corrected chi connectivity index (χ0v) is 15.3. The van der Waals surface area contributed by atoms with E-state index in [1.165, 1.54) is 42.7 Å². The van der Waals surface area contributed by atoms with E-state index >= 15 is 0 Å². The summed E-state index contributed by atoms with van der Waals surface area (Å²) in [6.45, 7) is 0. The van der Waals surface area contributed by atoms with E-state index in [9.17, 15) is 24.5 Å². The van der Waals surface area contributed by atoms with Crippen molar-refractivity contribution in [2.24, 2.45) is 0 Å². The smallest absolute Gasteiger partial charge is 0.317 e. The minimum absolute atomic E-state index is 0.0563. The lowest BCUT2D eigenvalue weighted by Crippen LogP contribution is -2.54. The monoisotopic (exact) mass is 403 g/mol. The van der Waals surface area contributed by atoms with Crippen LogP contribution in [0.25, 0.3) is 11.8 Å². The third-order valence-corrected chi connectivity index (χ3v) is 4.43. The standard InChI is InChI=1S/C20H13N5O5/c26-18-17(19(27)24(20(28)22-18)14-7-9-21-10-8-14)12-16-2-1-11-23(16)13-3-5-15(6-4-13)25(29)30/h1-12H,(H,22,26,28)/b17-12+. The van der Waals surface area contributed by atoms with E-state index in [1.807, 2.05) is 0 Å². The van der Waals surface area contributed by atoms with Crippen molar-refractivity contribution < 1.29 is 19.3 Å². The number of benzene rings is 1. The van der Waals surface area contributed by atoms with Crippen molar-refractivity contribution in [2.45, 2.75) is 0 Å². The van der Waals surface area contributed by atoms with Gasteiger partial charge in [0.2, 0.25) is 0 Å². The summed E-state index contributed by atoms with van der Waals surface area (Å²) < 4.78 is 1.66. The molecule has 1 aliphatic rings. The van der Waals surface area contributed by atoms with Gasteiger partial charge < -0.3 is 4.57 Å². The number of rotatable bonds is 4. The maximum atomic E-state index is 12.9. The quantitative estimate of drug-likeness (QED) is 0.308. The molecule has 3 aromatic rings. The number of aromatic nitrogens is 2. The summed E-state index contributed by atoms with van der Waals surface area (Å²) in [5.41, 5.74) is 1.07. The topological polar surface area (TPSA) is 127 Å². The number of amides is 4. The Morgan fingerprint density at radius 1 is 0.967 bits per heavy atom. The summed E-state index contributed by atoms with van der Waals surface area (Å²) in [7, 11) is 0. The number of non-ortho nitro benzene ring substituents is 1. The molecule has 30 heavy (non-hydrogen) atoms. The van der Waals surface area contributed by atoms with Gasteiger partial charge in [-0.25, -0.2) is 9.69 Å². The molecule has 0 aliphatic carbocycles. The van der Waals surface area contributed by atoms with E-state index in [1.54, 1.807) is 35.0 Å². The first-order chi connectivity index (χ1) is 14.5. The van der Waals surface area contributed by atoms with Crippen LogP contribution in [-0.2, 0) is 9.59 Å². The summed E-state index contributed by atoms with van der Waals surface area (Å²) in [5.74, 6) is -1.59. The average Bonchev–Trinajstić information content (AvgIpc) is 3.20. The highest BCUT2D eigenvalue weighted by molar-refractivity contribution is 6.39. The maximum Gasteiger partial charge on any atom is 0.335 e. The van der Waals surface area contributed by atoms with E-state index < -0.39 is 22.8 Å². The molecule has 0 bridgehead atoms. The summed E-state index contributed by atoms with van der Waals surface area (Å²) in [5, 5.41) is 13.0. The number of urea groups is 1. The Morgan fingerprint density at radius 2 is 1.67 bits per heavy atom. The van der Waals surface area contributed by atoms with Gasteiger partial charge >= 0.3 is 6.03 Å². The summed E-state index contributed by atoms with van der Waals surface area (Å²) in [6.07, 6.45) is 5.90. The predicted molar refractivity (Wildman–Crippen MR) is 106 cm³/mol. The van der Waals surface area contributed by atoms with Gasteiger partial charge in [-0.3, -0.25) is 30.0 Å². The molecule has 10 nitrogen and oxygen atoms in total. The van der Waals surface area contributed by atoms with Gasteiger partial charge in [-0.15, -0.1) is 0 Å². The molecule has 10 heteroatoms. The van der Waals surface area contributed by atoms with Crippen molar-refractivity contribution >= 4 is 35.3 Å². The zero-order valence-electron chi connectivity index (χ0n) is 15.3. The molecule has 4 amide bonds. The van der Waals surface area contributed by atoms with Gasteiger partial charge in [0.1, 0.15) is 5.57 Å². The highest BCUT2D eigenvalue weighted by Crippen LogP contribution is 2.23. The van der Waals surface area contributed by atoms with Crippen molar-refractivity contribution in [1.82, 2.24) is 14.9 Å². The number of nitrogens with zero attached hydrogens (tertiary/aromatic N) is 4. The van der Waals surface area contributed by atoms with Crippen LogP contribution in [0.4, 0.5) is 16.2 Å². The van der Waals surface area contributed by atoms with Crippen LogP contribution in [0, 0.1) is 10.1 Å². The SMILES string of the molecule is O=C1NC(=O)N(c2ccncc2)C(=O)/C1=C/c1cccn1-c1ccc([N+](=O)[O-])cc1. The lowest BCUT2D eigenvalue weighted by molar-refractivity contribution is -0.384. The predicted octanol–water partition coefficient (Wildman–Crippen LogP) is 2.45. The second-order valence-electron chi connectivity index (χ2n) is 6.24. The van der Waals surface area contributed by atoms with Crippen LogP contribution in [0.5, 0.6) is 0 Å². The number of nitro groups is 1. The number of carbonyl (C=O) groups excluding carboxylic acids is 3. The Morgan fingerprint density at radius 3 is 2.33 bits per heavy atom. The molecular weight excluding hydrogens is 390 g/mol. The van der Waals surface area contributed by atoms with Gasteiger partial charge in [0.05, 0.1) is 10.6 Å².